The Morgan fingerprint density at radius 2 is 1.91 bits per heavy atom. The number of hydrogen-bond donors (Lipinski definition) is 1. The Labute approximate surface area is 133 Å². The zero-order valence-corrected chi connectivity index (χ0v) is 13.8. The summed E-state index contributed by atoms with van der Waals surface area (Å²) >= 11 is 0. The first-order valence-corrected chi connectivity index (χ1v) is 8.71. The molecular weight excluding hydrogens is 282 g/mol. The van der Waals surface area contributed by atoms with E-state index < -0.39 is 18.1 Å². The number of amides is 1. The van der Waals surface area contributed by atoms with Gasteiger partial charge in [-0.15, -0.1) is 0 Å². The fraction of sp³-hybridized carbons (Fsp3) is 0.882. The number of carboxylic acid groups (broad SMARTS) is 1. The maximum Gasteiger partial charge on any atom is 0.326 e. The van der Waals surface area contributed by atoms with Crippen LogP contribution in [-0.2, 0) is 14.3 Å². The molecule has 1 saturated carbocycles. The Morgan fingerprint density at radius 3 is 2.50 bits per heavy atom. The number of likely N-dealkylation sites (tertiary alicyclic amines) is 1. The predicted molar refractivity (Wildman–Crippen MR) is 83.6 cm³/mol. The molecule has 0 bridgehead atoms. The van der Waals surface area contributed by atoms with Crippen LogP contribution in [0, 0.1) is 5.92 Å². The molecule has 2 aliphatic rings. The molecule has 1 heterocycles. The van der Waals surface area contributed by atoms with Gasteiger partial charge in [0.2, 0.25) is 0 Å². The summed E-state index contributed by atoms with van der Waals surface area (Å²) in [6, 6.07) is -0.694. The van der Waals surface area contributed by atoms with Crippen LogP contribution < -0.4 is 0 Å². The summed E-state index contributed by atoms with van der Waals surface area (Å²) in [5.41, 5.74) is 0. The Balaban J connectivity index is 2.00. The second-order valence-electron chi connectivity index (χ2n) is 6.81. The number of piperidine rings is 1. The Kier molecular flexibility index (Phi) is 6.24. The average molecular weight is 311 g/mol. The molecule has 22 heavy (non-hydrogen) atoms. The molecule has 1 N–H and O–H groups in total. The molecule has 0 aromatic rings. The van der Waals surface area contributed by atoms with Crippen molar-refractivity contribution >= 4 is 11.9 Å². The average Bonchev–Trinajstić information content (AvgIpc) is 2.52. The summed E-state index contributed by atoms with van der Waals surface area (Å²) in [5.74, 6) is -0.677. The highest BCUT2D eigenvalue weighted by Gasteiger charge is 2.38. The fourth-order valence-corrected chi connectivity index (χ4v) is 3.59. The number of carbonyl (C=O) groups excluding carboxylic acids is 1. The van der Waals surface area contributed by atoms with Gasteiger partial charge in [0.1, 0.15) is 12.1 Å². The minimum Gasteiger partial charge on any atom is -0.480 e. The number of carboxylic acids is 1. The van der Waals surface area contributed by atoms with Crippen molar-refractivity contribution in [3.8, 4) is 0 Å². The Hall–Kier alpha value is -1.10. The highest BCUT2D eigenvalue weighted by Crippen LogP contribution is 2.26. The summed E-state index contributed by atoms with van der Waals surface area (Å²) in [5, 5.41) is 9.42. The van der Waals surface area contributed by atoms with Gasteiger partial charge in [0.05, 0.1) is 6.10 Å². The molecule has 0 aromatic heterocycles. The molecule has 1 aliphatic carbocycles. The van der Waals surface area contributed by atoms with Crippen LogP contribution in [0.5, 0.6) is 0 Å². The maximum absolute atomic E-state index is 12.8. The van der Waals surface area contributed by atoms with Crippen molar-refractivity contribution in [2.45, 2.75) is 83.5 Å². The van der Waals surface area contributed by atoms with Gasteiger partial charge in [-0.2, -0.15) is 0 Å². The van der Waals surface area contributed by atoms with Crippen LogP contribution in [0.4, 0.5) is 0 Å². The molecular formula is C17H29NO4. The zero-order chi connectivity index (χ0) is 16.1. The van der Waals surface area contributed by atoms with Crippen molar-refractivity contribution in [1.82, 2.24) is 4.90 Å². The number of carbonyl (C=O) groups is 2. The first-order chi connectivity index (χ1) is 10.5. The van der Waals surface area contributed by atoms with Crippen molar-refractivity contribution in [3.05, 3.63) is 0 Å². The second-order valence-corrected chi connectivity index (χ2v) is 6.81. The third-order valence-corrected chi connectivity index (χ3v) is 4.99. The fourth-order valence-electron chi connectivity index (χ4n) is 3.59. The summed E-state index contributed by atoms with van der Waals surface area (Å²) < 4.78 is 6.03. The van der Waals surface area contributed by atoms with Gasteiger partial charge in [-0.05, 0) is 38.0 Å². The number of nitrogens with zero attached hydrogens (tertiary/aromatic N) is 1. The van der Waals surface area contributed by atoms with Gasteiger partial charge in [-0.3, -0.25) is 4.79 Å². The minimum atomic E-state index is -0.896. The summed E-state index contributed by atoms with van der Waals surface area (Å²) in [6.45, 7) is 4.52. The molecule has 2 fully saturated rings. The molecule has 0 spiro atoms. The van der Waals surface area contributed by atoms with Gasteiger partial charge in [0.15, 0.2) is 0 Å². The molecule has 2 rings (SSSR count). The quantitative estimate of drug-likeness (QED) is 0.848. The molecule has 1 saturated heterocycles. The van der Waals surface area contributed by atoms with Crippen LogP contribution >= 0.6 is 0 Å². The number of aliphatic carboxylic acids is 1. The van der Waals surface area contributed by atoms with Gasteiger partial charge < -0.3 is 14.7 Å². The minimum absolute atomic E-state index is 0.132. The smallest absolute Gasteiger partial charge is 0.326 e. The number of hydrogen-bond acceptors (Lipinski definition) is 3. The lowest BCUT2D eigenvalue weighted by Gasteiger charge is -2.38. The lowest BCUT2D eigenvalue weighted by atomic mass is 9.92. The van der Waals surface area contributed by atoms with E-state index in [2.05, 4.69) is 0 Å². The van der Waals surface area contributed by atoms with E-state index in [0.29, 0.717) is 25.3 Å². The molecule has 3 unspecified atom stereocenters. The van der Waals surface area contributed by atoms with E-state index in [1.54, 1.807) is 4.90 Å². The monoisotopic (exact) mass is 311 g/mol. The van der Waals surface area contributed by atoms with Gasteiger partial charge >= 0.3 is 5.97 Å². The van der Waals surface area contributed by atoms with Crippen molar-refractivity contribution < 1.29 is 19.4 Å². The highest BCUT2D eigenvalue weighted by atomic mass is 16.5. The van der Waals surface area contributed by atoms with Crippen LogP contribution in [-0.4, -0.2) is 46.7 Å². The molecule has 3 atom stereocenters. The van der Waals surface area contributed by atoms with Crippen LogP contribution in [0.3, 0.4) is 0 Å². The molecule has 126 valence electrons. The Morgan fingerprint density at radius 1 is 1.23 bits per heavy atom. The van der Waals surface area contributed by atoms with Gasteiger partial charge in [-0.25, -0.2) is 4.79 Å². The SMILES string of the molecule is CCC(OC1CCCCC1)C(=O)N1CCC(C)CC1C(=O)O. The summed E-state index contributed by atoms with van der Waals surface area (Å²) in [6.07, 6.45) is 7.29. The van der Waals surface area contributed by atoms with Crippen LogP contribution in [0.2, 0.25) is 0 Å². The van der Waals surface area contributed by atoms with Crippen molar-refractivity contribution in [2.75, 3.05) is 6.54 Å². The van der Waals surface area contributed by atoms with Gasteiger partial charge in [0, 0.05) is 6.54 Å². The topological polar surface area (TPSA) is 66.8 Å². The first kappa shape index (κ1) is 17.3. The van der Waals surface area contributed by atoms with Crippen LogP contribution in [0.15, 0.2) is 0 Å². The van der Waals surface area contributed by atoms with Gasteiger partial charge in [-0.1, -0.05) is 33.1 Å². The molecule has 0 radical (unpaired) electrons. The molecule has 5 nitrogen and oxygen atoms in total. The standard InChI is InChI=1S/C17H29NO4/c1-3-15(22-13-7-5-4-6-8-13)16(19)18-10-9-12(2)11-14(18)17(20)21/h12-15H,3-11H2,1-2H3,(H,20,21). The number of ether oxygens (including phenoxy) is 1. The molecule has 0 aromatic carbocycles. The third kappa shape index (κ3) is 4.22. The van der Waals surface area contributed by atoms with E-state index in [1.807, 2.05) is 13.8 Å². The van der Waals surface area contributed by atoms with E-state index in [-0.39, 0.29) is 12.0 Å². The van der Waals surface area contributed by atoms with Gasteiger partial charge in [0.25, 0.3) is 5.91 Å². The lowest BCUT2D eigenvalue weighted by Crippen LogP contribution is -2.53. The van der Waals surface area contributed by atoms with Crippen molar-refractivity contribution in [2.24, 2.45) is 5.92 Å². The largest absolute Gasteiger partial charge is 0.480 e. The second kappa shape index (κ2) is 7.95. The summed E-state index contributed by atoms with van der Waals surface area (Å²) in [7, 11) is 0. The first-order valence-electron chi connectivity index (χ1n) is 8.71. The van der Waals surface area contributed by atoms with Crippen LogP contribution in [0.25, 0.3) is 0 Å². The zero-order valence-electron chi connectivity index (χ0n) is 13.8. The van der Waals surface area contributed by atoms with E-state index in [0.717, 1.165) is 32.1 Å². The molecule has 1 aliphatic heterocycles. The van der Waals surface area contributed by atoms with Crippen LogP contribution in [0.1, 0.15) is 65.2 Å². The van der Waals surface area contributed by atoms with E-state index in [9.17, 15) is 14.7 Å². The molecule has 1 amide bonds. The maximum atomic E-state index is 12.8. The lowest BCUT2D eigenvalue weighted by molar-refractivity contribution is -0.162. The Bertz CT molecular complexity index is 392. The predicted octanol–water partition coefficient (Wildman–Crippen LogP) is 2.83. The van der Waals surface area contributed by atoms with E-state index in [4.69, 9.17) is 4.74 Å². The van der Waals surface area contributed by atoms with Crippen molar-refractivity contribution in [1.29, 1.82) is 0 Å². The highest BCUT2D eigenvalue weighted by molar-refractivity contribution is 5.86. The van der Waals surface area contributed by atoms with E-state index in [1.165, 1.54) is 6.42 Å². The number of rotatable bonds is 5. The third-order valence-electron chi connectivity index (χ3n) is 4.99. The normalized spacial score (nSPS) is 28.4. The molecule has 5 heteroatoms. The van der Waals surface area contributed by atoms with E-state index >= 15 is 0 Å². The summed E-state index contributed by atoms with van der Waals surface area (Å²) in [4.78, 5) is 25.8. The van der Waals surface area contributed by atoms with Crippen molar-refractivity contribution in [3.63, 3.8) is 0 Å².